The van der Waals surface area contributed by atoms with Gasteiger partial charge in [-0.25, -0.2) is 4.90 Å². The van der Waals surface area contributed by atoms with Gasteiger partial charge in [0.25, 0.3) is 11.8 Å². The molecule has 5 nitrogen and oxygen atoms in total. The van der Waals surface area contributed by atoms with E-state index in [1.54, 1.807) is 31.4 Å². The fourth-order valence-corrected chi connectivity index (χ4v) is 3.89. The number of imide groups is 1. The zero-order chi connectivity index (χ0) is 19.7. The molecule has 1 fully saturated rings. The summed E-state index contributed by atoms with van der Waals surface area (Å²) >= 11 is 0. The summed E-state index contributed by atoms with van der Waals surface area (Å²) in [4.78, 5) is 30.2. The Morgan fingerprint density at radius 1 is 0.929 bits per heavy atom. The molecular formula is C23H24N2O3. The summed E-state index contributed by atoms with van der Waals surface area (Å²) < 4.78 is 5.28. The van der Waals surface area contributed by atoms with E-state index in [-0.39, 0.29) is 11.8 Å². The van der Waals surface area contributed by atoms with Crippen LogP contribution in [0.2, 0.25) is 0 Å². The molecular weight excluding hydrogens is 352 g/mol. The number of anilines is 1. The van der Waals surface area contributed by atoms with Crippen molar-refractivity contribution < 1.29 is 14.3 Å². The van der Waals surface area contributed by atoms with Crippen molar-refractivity contribution in [1.29, 1.82) is 0 Å². The lowest BCUT2D eigenvalue weighted by Crippen LogP contribution is -2.38. The average Bonchev–Trinajstić information content (AvgIpc) is 2.99. The van der Waals surface area contributed by atoms with Crippen LogP contribution in [0.4, 0.5) is 5.69 Å². The van der Waals surface area contributed by atoms with Crippen LogP contribution in [0.15, 0.2) is 60.3 Å². The van der Waals surface area contributed by atoms with Gasteiger partial charge in [0, 0.05) is 19.2 Å². The number of carbonyl (C=O) groups is 2. The maximum atomic E-state index is 13.4. The Morgan fingerprint density at radius 3 is 2.32 bits per heavy atom. The van der Waals surface area contributed by atoms with Crippen LogP contribution in [0, 0.1) is 5.92 Å². The fourth-order valence-electron chi connectivity index (χ4n) is 3.89. The molecule has 0 aliphatic carbocycles. The molecule has 2 aliphatic rings. The molecule has 0 unspecified atom stereocenters. The molecule has 2 aromatic carbocycles. The molecule has 0 aromatic heterocycles. The number of amides is 2. The molecule has 0 spiro atoms. The smallest absolute Gasteiger partial charge is 0.282 e. The van der Waals surface area contributed by atoms with E-state index in [0.717, 1.165) is 31.5 Å². The third-order valence-corrected chi connectivity index (χ3v) is 5.53. The molecule has 2 aromatic rings. The average molecular weight is 376 g/mol. The second kappa shape index (κ2) is 7.50. The lowest BCUT2D eigenvalue weighted by atomic mass is 9.97. The van der Waals surface area contributed by atoms with E-state index in [9.17, 15) is 9.59 Å². The second-order valence-corrected chi connectivity index (χ2v) is 7.41. The van der Waals surface area contributed by atoms with Crippen molar-refractivity contribution in [3.8, 4) is 5.75 Å². The Hall–Kier alpha value is -3.08. The molecule has 1 saturated heterocycles. The molecule has 0 N–H and O–H groups in total. The Morgan fingerprint density at radius 2 is 1.64 bits per heavy atom. The molecule has 0 atom stereocenters. The van der Waals surface area contributed by atoms with Crippen LogP contribution in [-0.4, -0.2) is 36.9 Å². The van der Waals surface area contributed by atoms with Gasteiger partial charge in [0.15, 0.2) is 0 Å². The zero-order valence-electron chi connectivity index (χ0n) is 16.2. The van der Waals surface area contributed by atoms with Gasteiger partial charge in [0.05, 0.1) is 18.4 Å². The Bertz CT molecular complexity index is 928. The lowest BCUT2D eigenvalue weighted by Gasteiger charge is -2.32. The van der Waals surface area contributed by atoms with Gasteiger partial charge in [-0.1, -0.05) is 43.3 Å². The van der Waals surface area contributed by atoms with Gasteiger partial charge in [0.2, 0.25) is 0 Å². The van der Waals surface area contributed by atoms with Gasteiger partial charge in [-0.3, -0.25) is 9.59 Å². The number of ether oxygens (including phenoxy) is 1. The number of benzene rings is 2. The maximum absolute atomic E-state index is 13.4. The minimum Gasteiger partial charge on any atom is -0.497 e. The summed E-state index contributed by atoms with van der Waals surface area (Å²) in [6.07, 6.45) is 2.04. The van der Waals surface area contributed by atoms with E-state index >= 15 is 0 Å². The molecule has 0 saturated carbocycles. The van der Waals surface area contributed by atoms with Crippen LogP contribution in [0.1, 0.15) is 25.3 Å². The van der Waals surface area contributed by atoms with Crippen LogP contribution in [-0.2, 0) is 9.59 Å². The Balaban J connectivity index is 1.79. The quantitative estimate of drug-likeness (QED) is 0.764. The summed E-state index contributed by atoms with van der Waals surface area (Å²) in [6, 6.07) is 16.6. The molecule has 0 radical (unpaired) electrons. The van der Waals surface area contributed by atoms with Crippen molar-refractivity contribution in [2.75, 3.05) is 25.1 Å². The van der Waals surface area contributed by atoms with Gasteiger partial charge in [-0.15, -0.1) is 0 Å². The highest BCUT2D eigenvalue weighted by atomic mass is 16.5. The summed E-state index contributed by atoms with van der Waals surface area (Å²) in [6.45, 7) is 3.81. The zero-order valence-corrected chi connectivity index (χ0v) is 16.2. The van der Waals surface area contributed by atoms with Gasteiger partial charge in [-0.2, -0.15) is 0 Å². The van der Waals surface area contributed by atoms with Gasteiger partial charge < -0.3 is 9.64 Å². The van der Waals surface area contributed by atoms with Crippen molar-refractivity contribution in [3.05, 3.63) is 65.9 Å². The number of hydrogen-bond donors (Lipinski definition) is 0. The first-order chi connectivity index (χ1) is 13.6. The number of methoxy groups -OCH3 is 1. The van der Waals surface area contributed by atoms with Gasteiger partial charge in [-0.05, 0) is 36.5 Å². The fraction of sp³-hybridized carbons (Fsp3) is 0.304. The van der Waals surface area contributed by atoms with Crippen LogP contribution in [0.5, 0.6) is 5.75 Å². The number of likely N-dealkylation sites (tertiary alicyclic amines) is 1. The largest absolute Gasteiger partial charge is 0.497 e. The first kappa shape index (κ1) is 18.3. The van der Waals surface area contributed by atoms with Crippen molar-refractivity contribution in [3.63, 3.8) is 0 Å². The third-order valence-electron chi connectivity index (χ3n) is 5.53. The van der Waals surface area contributed by atoms with Crippen LogP contribution in [0.25, 0.3) is 5.57 Å². The van der Waals surface area contributed by atoms with E-state index in [4.69, 9.17) is 4.74 Å². The summed E-state index contributed by atoms with van der Waals surface area (Å²) in [7, 11) is 1.57. The monoisotopic (exact) mass is 376 g/mol. The van der Waals surface area contributed by atoms with E-state index in [1.807, 2.05) is 30.3 Å². The number of piperidine rings is 1. The number of nitrogens with zero attached hydrogens (tertiary/aromatic N) is 2. The number of hydrogen-bond acceptors (Lipinski definition) is 4. The maximum Gasteiger partial charge on any atom is 0.282 e. The normalized spacial score (nSPS) is 18.2. The Labute approximate surface area is 165 Å². The summed E-state index contributed by atoms with van der Waals surface area (Å²) in [5, 5.41) is 0. The van der Waals surface area contributed by atoms with Crippen LogP contribution < -0.4 is 9.64 Å². The van der Waals surface area contributed by atoms with Crippen molar-refractivity contribution >= 4 is 23.1 Å². The van der Waals surface area contributed by atoms with Crippen LogP contribution in [0.3, 0.4) is 0 Å². The lowest BCUT2D eigenvalue weighted by molar-refractivity contribution is -0.120. The molecule has 144 valence electrons. The molecule has 2 amide bonds. The number of carbonyl (C=O) groups excluding carboxylic acids is 2. The van der Waals surface area contributed by atoms with E-state index in [1.165, 1.54) is 4.90 Å². The van der Waals surface area contributed by atoms with Crippen molar-refractivity contribution in [1.82, 2.24) is 4.90 Å². The minimum absolute atomic E-state index is 0.258. The van der Waals surface area contributed by atoms with E-state index in [0.29, 0.717) is 28.6 Å². The second-order valence-electron chi connectivity index (χ2n) is 7.41. The molecule has 0 bridgehead atoms. The van der Waals surface area contributed by atoms with E-state index < -0.39 is 0 Å². The summed E-state index contributed by atoms with van der Waals surface area (Å²) in [5.41, 5.74) is 2.32. The molecule has 28 heavy (non-hydrogen) atoms. The summed E-state index contributed by atoms with van der Waals surface area (Å²) in [5.74, 6) is 0.711. The molecule has 5 heteroatoms. The Kier molecular flexibility index (Phi) is 4.90. The van der Waals surface area contributed by atoms with Gasteiger partial charge in [0.1, 0.15) is 11.4 Å². The highest BCUT2D eigenvalue weighted by Gasteiger charge is 2.43. The predicted molar refractivity (Wildman–Crippen MR) is 109 cm³/mol. The molecule has 2 aliphatic heterocycles. The standard InChI is InChI=1S/C23H24N2O3/c1-16-11-13-24(14-12-16)21-20(17-7-4-3-5-8-17)22(26)25(23(21)27)18-9-6-10-19(15-18)28-2/h3-10,15-16H,11-14H2,1-2H3. The van der Waals surface area contributed by atoms with E-state index in [2.05, 4.69) is 11.8 Å². The van der Waals surface area contributed by atoms with Crippen molar-refractivity contribution in [2.45, 2.75) is 19.8 Å². The van der Waals surface area contributed by atoms with Crippen molar-refractivity contribution in [2.24, 2.45) is 5.92 Å². The third kappa shape index (κ3) is 3.17. The predicted octanol–water partition coefficient (Wildman–Crippen LogP) is 3.71. The molecule has 4 rings (SSSR count). The first-order valence-electron chi connectivity index (χ1n) is 9.67. The van der Waals surface area contributed by atoms with Crippen LogP contribution >= 0.6 is 0 Å². The highest BCUT2D eigenvalue weighted by Crippen LogP contribution is 2.37. The number of rotatable bonds is 4. The topological polar surface area (TPSA) is 49.9 Å². The van der Waals surface area contributed by atoms with Gasteiger partial charge >= 0.3 is 0 Å². The highest BCUT2D eigenvalue weighted by molar-refractivity contribution is 6.45. The molecule has 2 heterocycles. The minimum atomic E-state index is -0.280. The first-order valence-corrected chi connectivity index (χ1v) is 9.67. The SMILES string of the molecule is COc1cccc(N2C(=O)C(c3ccccc3)=C(N3CCC(C)CC3)C2=O)c1.